The van der Waals surface area contributed by atoms with Crippen LogP contribution in [0.2, 0.25) is 0 Å². The SMILES string of the molecule is Cc1ccc(C(C)(C)C)c(O)c1C=NC1CCCCC1.[Cl][Zr][Cl]. The number of aryl methyl sites for hydroxylation is 1. The van der Waals surface area contributed by atoms with Crippen LogP contribution in [0.3, 0.4) is 0 Å². The summed E-state index contributed by atoms with van der Waals surface area (Å²) in [6.07, 6.45) is 8.19. The van der Waals surface area contributed by atoms with E-state index in [0.717, 1.165) is 16.7 Å². The van der Waals surface area contributed by atoms with Crippen molar-refractivity contribution in [1.29, 1.82) is 0 Å². The minimum atomic E-state index is -0.826. The van der Waals surface area contributed by atoms with Crippen LogP contribution in [0.4, 0.5) is 0 Å². The van der Waals surface area contributed by atoms with E-state index in [1.165, 1.54) is 32.1 Å². The molecule has 1 fully saturated rings. The first kappa shape index (κ1) is 21.2. The van der Waals surface area contributed by atoms with E-state index in [4.69, 9.17) is 22.0 Å². The number of aromatic hydroxyl groups is 1. The predicted octanol–water partition coefficient (Wildman–Crippen LogP) is 6.13. The second-order valence-electron chi connectivity index (χ2n) is 7.08. The first-order chi connectivity index (χ1) is 10.8. The van der Waals surface area contributed by atoms with Crippen LogP contribution < -0.4 is 0 Å². The van der Waals surface area contributed by atoms with Crippen molar-refractivity contribution in [3.8, 4) is 5.75 Å². The fourth-order valence-corrected chi connectivity index (χ4v) is 2.89. The molecule has 5 heteroatoms. The van der Waals surface area contributed by atoms with Gasteiger partial charge < -0.3 is 5.11 Å². The van der Waals surface area contributed by atoms with E-state index < -0.39 is 20.8 Å². The Morgan fingerprint density at radius 3 is 2.26 bits per heavy atom. The number of halogens is 2. The van der Waals surface area contributed by atoms with Crippen molar-refractivity contribution in [2.45, 2.75) is 71.3 Å². The number of aliphatic imine (C=N–C) groups is 1. The zero-order valence-corrected chi connectivity index (χ0v) is 18.5. The fraction of sp³-hybridized carbons (Fsp3) is 0.611. The first-order valence-electron chi connectivity index (χ1n) is 8.13. The average molecular weight is 436 g/mol. The molecule has 2 rings (SSSR count). The topological polar surface area (TPSA) is 32.6 Å². The molecule has 0 aliphatic heterocycles. The summed E-state index contributed by atoms with van der Waals surface area (Å²) in [6.45, 7) is 8.41. The van der Waals surface area contributed by atoms with Crippen molar-refractivity contribution in [2.75, 3.05) is 0 Å². The summed E-state index contributed by atoms with van der Waals surface area (Å²) < 4.78 is 0. The van der Waals surface area contributed by atoms with E-state index in [-0.39, 0.29) is 5.41 Å². The molecule has 0 bridgehead atoms. The van der Waals surface area contributed by atoms with Crippen LogP contribution in [0.5, 0.6) is 5.75 Å². The molecule has 0 unspecified atom stereocenters. The van der Waals surface area contributed by atoms with Crippen LogP contribution in [0, 0.1) is 6.92 Å². The van der Waals surface area contributed by atoms with Gasteiger partial charge in [-0.05, 0) is 36.3 Å². The number of hydrogen-bond donors (Lipinski definition) is 1. The summed E-state index contributed by atoms with van der Waals surface area (Å²) in [5.74, 6) is 0.400. The number of phenols is 1. The van der Waals surface area contributed by atoms with E-state index in [2.05, 4.69) is 26.8 Å². The molecular formula is C18H27Cl2NOZr. The van der Waals surface area contributed by atoms with Gasteiger partial charge in [0.25, 0.3) is 0 Å². The van der Waals surface area contributed by atoms with Crippen LogP contribution in [0.1, 0.15) is 69.6 Å². The van der Waals surface area contributed by atoms with Gasteiger partial charge in [0.2, 0.25) is 0 Å². The van der Waals surface area contributed by atoms with Crippen LogP contribution in [0.25, 0.3) is 0 Å². The van der Waals surface area contributed by atoms with Crippen molar-refractivity contribution < 1.29 is 26.0 Å². The normalized spacial score (nSPS) is 16.1. The molecule has 1 saturated carbocycles. The zero-order valence-electron chi connectivity index (χ0n) is 14.5. The number of nitrogens with zero attached hydrogens (tertiary/aromatic N) is 1. The molecule has 23 heavy (non-hydrogen) atoms. The summed E-state index contributed by atoms with van der Waals surface area (Å²) in [4.78, 5) is 4.71. The Bertz CT molecular complexity index is 520. The second-order valence-corrected chi connectivity index (χ2v) is 10.8. The van der Waals surface area contributed by atoms with Crippen molar-refractivity contribution in [1.82, 2.24) is 0 Å². The number of benzene rings is 1. The molecule has 0 heterocycles. The van der Waals surface area contributed by atoms with Gasteiger partial charge in [0.05, 0.1) is 0 Å². The molecule has 0 amide bonds. The quantitative estimate of drug-likeness (QED) is 0.557. The molecule has 0 radical (unpaired) electrons. The predicted molar refractivity (Wildman–Crippen MR) is 97.7 cm³/mol. The number of phenolic OH excluding ortho intramolecular Hbond substituents is 1. The monoisotopic (exact) mass is 433 g/mol. The van der Waals surface area contributed by atoms with Gasteiger partial charge in [-0.1, -0.05) is 52.2 Å². The molecule has 0 spiro atoms. The van der Waals surface area contributed by atoms with Crippen LogP contribution in [-0.4, -0.2) is 17.4 Å². The molecule has 0 atom stereocenters. The Morgan fingerprint density at radius 2 is 1.74 bits per heavy atom. The van der Waals surface area contributed by atoms with Gasteiger partial charge in [-0.2, -0.15) is 0 Å². The number of hydrogen-bond acceptors (Lipinski definition) is 2. The Kier molecular flexibility index (Phi) is 9.41. The zero-order chi connectivity index (χ0) is 17.5. The molecule has 128 valence electrons. The van der Waals surface area contributed by atoms with E-state index in [0.29, 0.717) is 11.8 Å². The molecule has 1 aromatic carbocycles. The molecule has 0 aromatic heterocycles. The Morgan fingerprint density at radius 1 is 1.17 bits per heavy atom. The summed E-state index contributed by atoms with van der Waals surface area (Å²) in [5.41, 5.74) is 2.93. The van der Waals surface area contributed by atoms with E-state index >= 15 is 0 Å². The summed E-state index contributed by atoms with van der Waals surface area (Å²) >= 11 is -0.826. The van der Waals surface area contributed by atoms with Crippen molar-refractivity contribution >= 4 is 23.2 Å². The summed E-state index contributed by atoms with van der Waals surface area (Å²) in [5, 5.41) is 10.5. The van der Waals surface area contributed by atoms with Crippen LogP contribution in [-0.2, 0) is 26.3 Å². The van der Waals surface area contributed by atoms with Gasteiger partial charge in [-0.25, -0.2) is 0 Å². The molecule has 2 nitrogen and oxygen atoms in total. The van der Waals surface area contributed by atoms with Gasteiger partial charge in [-0.15, -0.1) is 0 Å². The third-order valence-electron chi connectivity index (χ3n) is 4.23. The molecule has 1 aromatic rings. The Balaban J connectivity index is 0.000000816. The van der Waals surface area contributed by atoms with Crippen LogP contribution >= 0.6 is 17.0 Å². The van der Waals surface area contributed by atoms with Gasteiger partial charge in [0.1, 0.15) is 5.75 Å². The van der Waals surface area contributed by atoms with Crippen molar-refractivity contribution in [2.24, 2.45) is 4.99 Å². The third kappa shape index (κ3) is 6.88. The first-order valence-corrected chi connectivity index (χ1v) is 14.5. The van der Waals surface area contributed by atoms with E-state index in [1.807, 2.05) is 19.2 Å². The van der Waals surface area contributed by atoms with Crippen molar-refractivity contribution in [3.63, 3.8) is 0 Å². The standard InChI is InChI=1S/C18H27NO.2ClH.Zr/c1-13-10-11-16(18(2,3)4)17(20)15(13)12-19-14-8-6-5-7-9-14;;;/h10-12,14,20H,5-9H2,1-4H3;2*1H;/q;;;+2/p-2. The van der Waals surface area contributed by atoms with Crippen LogP contribution in [0.15, 0.2) is 17.1 Å². The molecule has 1 aliphatic rings. The van der Waals surface area contributed by atoms with E-state index in [1.54, 1.807) is 0 Å². The average Bonchev–Trinajstić information content (AvgIpc) is 2.47. The van der Waals surface area contributed by atoms with Gasteiger partial charge in [-0.3, -0.25) is 4.99 Å². The van der Waals surface area contributed by atoms with Crippen molar-refractivity contribution in [3.05, 3.63) is 28.8 Å². The fourth-order valence-electron chi connectivity index (χ4n) is 2.89. The minimum absolute atomic E-state index is 0.0504. The summed E-state index contributed by atoms with van der Waals surface area (Å²) in [6, 6.07) is 4.56. The van der Waals surface area contributed by atoms with Gasteiger partial charge in [0, 0.05) is 17.8 Å². The summed E-state index contributed by atoms with van der Waals surface area (Å²) in [7, 11) is 9.87. The second kappa shape index (κ2) is 10.2. The molecule has 0 saturated heterocycles. The molecule has 1 N–H and O–H groups in total. The van der Waals surface area contributed by atoms with Gasteiger partial charge >= 0.3 is 37.9 Å². The molecule has 1 aliphatic carbocycles. The maximum atomic E-state index is 10.5. The Labute approximate surface area is 159 Å². The van der Waals surface area contributed by atoms with Gasteiger partial charge in [0.15, 0.2) is 0 Å². The maximum absolute atomic E-state index is 10.5. The Hall–Kier alpha value is 0.153. The van der Waals surface area contributed by atoms with E-state index in [9.17, 15) is 5.11 Å². The third-order valence-corrected chi connectivity index (χ3v) is 4.23. The number of rotatable bonds is 2. The molecular weight excluding hydrogens is 408 g/mol.